The van der Waals surface area contributed by atoms with Crippen molar-refractivity contribution in [3.05, 3.63) is 105 Å². The van der Waals surface area contributed by atoms with Crippen molar-refractivity contribution in [2.45, 2.75) is 39.3 Å². The van der Waals surface area contributed by atoms with Crippen molar-refractivity contribution >= 4 is 16.9 Å². The van der Waals surface area contributed by atoms with Crippen molar-refractivity contribution in [2.75, 3.05) is 7.11 Å². The zero-order chi connectivity index (χ0) is 24.1. The Kier molecular flexibility index (Phi) is 7.24. The van der Waals surface area contributed by atoms with Crippen LogP contribution in [0.15, 0.2) is 77.7 Å². The number of hydrogen-bond donors (Lipinski definition) is 1. The van der Waals surface area contributed by atoms with Crippen molar-refractivity contribution in [1.82, 2.24) is 4.57 Å². The quantitative estimate of drug-likeness (QED) is 0.364. The van der Waals surface area contributed by atoms with E-state index < -0.39 is 0 Å². The van der Waals surface area contributed by atoms with Crippen LogP contribution < -0.4 is 5.43 Å². The van der Waals surface area contributed by atoms with E-state index in [1.807, 2.05) is 66.9 Å². The Bertz CT molecular complexity index is 1370. The van der Waals surface area contributed by atoms with E-state index in [4.69, 9.17) is 4.74 Å². The van der Waals surface area contributed by atoms with Crippen molar-refractivity contribution in [3.63, 3.8) is 0 Å². The SMILES string of the molecule is CCCCc1cn(Cc2ccc(-c3ccccc3C(=O)OC)cc2)c2cc(CO)ccc2c1=O. The van der Waals surface area contributed by atoms with E-state index in [0.29, 0.717) is 17.5 Å². The molecule has 0 bridgehead atoms. The van der Waals surface area contributed by atoms with Gasteiger partial charge in [-0.2, -0.15) is 0 Å². The number of benzene rings is 3. The summed E-state index contributed by atoms with van der Waals surface area (Å²) >= 11 is 0. The van der Waals surface area contributed by atoms with Crippen LogP contribution in [0.5, 0.6) is 0 Å². The van der Waals surface area contributed by atoms with Gasteiger partial charge in [0.05, 0.1) is 24.8 Å². The molecule has 1 heterocycles. The lowest BCUT2D eigenvalue weighted by Gasteiger charge is -2.15. The average molecular weight is 456 g/mol. The van der Waals surface area contributed by atoms with E-state index in [1.165, 1.54) is 7.11 Å². The van der Waals surface area contributed by atoms with Gasteiger partial charge in [-0.3, -0.25) is 4.79 Å². The number of aromatic nitrogens is 1. The number of aliphatic hydroxyl groups is 1. The number of aryl methyl sites for hydroxylation is 1. The van der Waals surface area contributed by atoms with Crippen LogP contribution in [0.4, 0.5) is 0 Å². The van der Waals surface area contributed by atoms with Gasteiger partial charge in [-0.25, -0.2) is 4.79 Å². The third kappa shape index (κ3) is 4.80. The number of fused-ring (bicyclic) bond motifs is 1. The summed E-state index contributed by atoms with van der Waals surface area (Å²) in [6.45, 7) is 2.63. The summed E-state index contributed by atoms with van der Waals surface area (Å²) < 4.78 is 7.02. The molecule has 5 heteroatoms. The molecular formula is C29H29NO4. The van der Waals surface area contributed by atoms with Gasteiger partial charge in [0.25, 0.3) is 0 Å². The Morgan fingerprint density at radius 1 is 1.00 bits per heavy atom. The van der Waals surface area contributed by atoms with Gasteiger partial charge in [0.2, 0.25) is 0 Å². The molecule has 0 atom stereocenters. The van der Waals surface area contributed by atoms with Crippen LogP contribution in [0.25, 0.3) is 22.0 Å². The highest BCUT2D eigenvalue weighted by molar-refractivity contribution is 5.97. The molecule has 0 radical (unpaired) electrons. The van der Waals surface area contributed by atoms with Gasteiger partial charge in [0.15, 0.2) is 5.43 Å². The minimum absolute atomic E-state index is 0.0685. The number of hydrogen-bond acceptors (Lipinski definition) is 4. The number of esters is 1. The van der Waals surface area contributed by atoms with Crippen LogP contribution in [0.2, 0.25) is 0 Å². The summed E-state index contributed by atoms with van der Waals surface area (Å²) in [6.07, 6.45) is 4.69. The molecule has 0 fully saturated rings. The maximum Gasteiger partial charge on any atom is 0.338 e. The lowest BCUT2D eigenvalue weighted by molar-refractivity contribution is 0.0601. The van der Waals surface area contributed by atoms with Gasteiger partial charge in [-0.1, -0.05) is 61.9 Å². The second kappa shape index (κ2) is 10.5. The lowest BCUT2D eigenvalue weighted by atomic mass is 9.98. The highest BCUT2D eigenvalue weighted by Crippen LogP contribution is 2.25. The zero-order valence-electron chi connectivity index (χ0n) is 19.6. The van der Waals surface area contributed by atoms with E-state index in [0.717, 1.165) is 52.6 Å². The van der Waals surface area contributed by atoms with E-state index in [-0.39, 0.29) is 18.0 Å². The van der Waals surface area contributed by atoms with Crippen LogP contribution in [-0.4, -0.2) is 22.8 Å². The number of carbonyl (C=O) groups is 1. The van der Waals surface area contributed by atoms with Gasteiger partial charge in [0.1, 0.15) is 0 Å². The number of methoxy groups -OCH3 is 1. The fraction of sp³-hybridized carbons (Fsp3) is 0.241. The number of carbonyl (C=O) groups excluding carboxylic acids is 1. The fourth-order valence-corrected chi connectivity index (χ4v) is 4.28. The lowest BCUT2D eigenvalue weighted by Crippen LogP contribution is -2.16. The molecule has 0 amide bonds. The molecule has 0 aliphatic carbocycles. The van der Waals surface area contributed by atoms with Crippen LogP contribution in [-0.2, 0) is 24.3 Å². The summed E-state index contributed by atoms with van der Waals surface area (Å²) in [5.74, 6) is -0.362. The molecule has 0 aliphatic heterocycles. The number of unbranched alkanes of at least 4 members (excludes halogenated alkanes) is 1. The molecule has 1 aromatic heterocycles. The van der Waals surface area contributed by atoms with Crippen LogP contribution in [0.3, 0.4) is 0 Å². The molecule has 0 aliphatic rings. The first kappa shape index (κ1) is 23.5. The molecule has 4 rings (SSSR count). The molecule has 34 heavy (non-hydrogen) atoms. The summed E-state index contributed by atoms with van der Waals surface area (Å²) in [5, 5.41) is 10.3. The molecular weight excluding hydrogens is 426 g/mol. The molecule has 3 aromatic carbocycles. The first-order valence-corrected chi connectivity index (χ1v) is 11.6. The van der Waals surface area contributed by atoms with Crippen molar-refractivity contribution < 1.29 is 14.6 Å². The summed E-state index contributed by atoms with van der Waals surface area (Å²) in [7, 11) is 1.38. The Labute approximate surface area is 199 Å². The second-order valence-corrected chi connectivity index (χ2v) is 8.46. The Balaban J connectivity index is 1.72. The number of nitrogens with zero attached hydrogens (tertiary/aromatic N) is 1. The van der Waals surface area contributed by atoms with Gasteiger partial charge < -0.3 is 14.4 Å². The minimum Gasteiger partial charge on any atom is -0.465 e. The van der Waals surface area contributed by atoms with Crippen molar-refractivity contribution in [1.29, 1.82) is 0 Å². The number of rotatable bonds is 8. The van der Waals surface area contributed by atoms with Gasteiger partial charge in [-0.15, -0.1) is 0 Å². The maximum absolute atomic E-state index is 13.0. The average Bonchev–Trinajstić information content (AvgIpc) is 2.89. The van der Waals surface area contributed by atoms with E-state index in [9.17, 15) is 14.7 Å². The first-order valence-electron chi connectivity index (χ1n) is 11.6. The zero-order valence-corrected chi connectivity index (χ0v) is 19.6. The number of ether oxygens (including phenoxy) is 1. The Morgan fingerprint density at radius 3 is 2.44 bits per heavy atom. The standard InChI is InChI=1S/C29H29NO4/c1-3-4-7-23-18-30(27-16-21(19-31)12-15-26(27)28(23)32)17-20-10-13-22(14-11-20)24-8-5-6-9-25(24)29(33)34-2/h5-6,8-16,18,31H,3-4,7,17,19H2,1-2H3. The third-order valence-corrected chi connectivity index (χ3v) is 6.15. The Hall–Kier alpha value is -3.70. The van der Waals surface area contributed by atoms with Gasteiger partial charge in [0, 0.05) is 23.7 Å². The second-order valence-electron chi connectivity index (χ2n) is 8.46. The fourth-order valence-electron chi connectivity index (χ4n) is 4.28. The summed E-state index contributed by atoms with van der Waals surface area (Å²) in [5.41, 5.74) is 5.83. The Morgan fingerprint density at radius 2 is 1.74 bits per heavy atom. The van der Waals surface area contributed by atoms with Crippen LogP contribution >= 0.6 is 0 Å². The highest BCUT2D eigenvalue weighted by atomic mass is 16.5. The highest BCUT2D eigenvalue weighted by Gasteiger charge is 2.13. The maximum atomic E-state index is 13.0. The smallest absolute Gasteiger partial charge is 0.338 e. The summed E-state index contributed by atoms with van der Waals surface area (Å²) in [6, 6.07) is 21.0. The van der Waals surface area contributed by atoms with Crippen molar-refractivity contribution in [3.8, 4) is 11.1 Å². The van der Waals surface area contributed by atoms with Gasteiger partial charge >= 0.3 is 5.97 Å². The molecule has 174 valence electrons. The third-order valence-electron chi connectivity index (χ3n) is 6.15. The summed E-state index contributed by atoms with van der Waals surface area (Å²) in [4.78, 5) is 25.2. The molecule has 4 aromatic rings. The normalized spacial score (nSPS) is 11.0. The minimum atomic E-state index is -0.362. The number of pyridine rings is 1. The van der Waals surface area contributed by atoms with Crippen LogP contribution in [0.1, 0.15) is 46.8 Å². The molecule has 0 unspecified atom stereocenters. The van der Waals surface area contributed by atoms with Gasteiger partial charge in [-0.05, 0) is 53.3 Å². The molecule has 0 spiro atoms. The predicted octanol–water partition coefficient (Wildman–Crippen LogP) is 5.34. The van der Waals surface area contributed by atoms with Crippen molar-refractivity contribution in [2.24, 2.45) is 0 Å². The number of aliphatic hydroxyl groups excluding tert-OH is 1. The van der Waals surface area contributed by atoms with E-state index >= 15 is 0 Å². The first-order chi connectivity index (χ1) is 16.5. The largest absolute Gasteiger partial charge is 0.465 e. The monoisotopic (exact) mass is 455 g/mol. The van der Waals surface area contributed by atoms with Crippen LogP contribution in [0, 0.1) is 0 Å². The molecule has 5 nitrogen and oxygen atoms in total. The predicted molar refractivity (Wildman–Crippen MR) is 135 cm³/mol. The molecule has 1 N–H and O–H groups in total. The van der Waals surface area contributed by atoms with E-state index in [1.54, 1.807) is 6.07 Å². The molecule has 0 saturated carbocycles. The topological polar surface area (TPSA) is 68.5 Å². The molecule has 0 saturated heterocycles. The van der Waals surface area contributed by atoms with E-state index in [2.05, 4.69) is 11.5 Å².